The summed E-state index contributed by atoms with van der Waals surface area (Å²) in [7, 11) is 1.67. The molecule has 0 amide bonds. The van der Waals surface area contributed by atoms with Gasteiger partial charge in [-0.15, -0.1) is 0 Å². The van der Waals surface area contributed by atoms with E-state index in [-0.39, 0.29) is 5.41 Å². The van der Waals surface area contributed by atoms with Crippen molar-refractivity contribution in [3.05, 3.63) is 54.2 Å². The van der Waals surface area contributed by atoms with Gasteiger partial charge in [-0.1, -0.05) is 51.1 Å². The minimum absolute atomic E-state index is 0.0562. The smallest absolute Gasteiger partial charge is 0.160 e. The lowest BCUT2D eigenvalue weighted by Crippen LogP contribution is -2.15. The molecule has 0 aliphatic heterocycles. The Morgan fingerprint density at radius 1 is 0.909 bits per heavy atom. The van der Waals surface area contributed by atoms with Crippen molar-refractivity contribution in [3.8, 4) is 17.1 Å². The fraction of sp³-hybridized carbons (Fsp3) is 0.263. The molecule has 3 rings (SSSR count). The summed E-state index contributed by atoms with van der Waals surface area (Å²) in [5, 5.41) is 1.08. The van der Waals surface area contributed by atoms with Gasteiger partial charge in [0.15, 0.2) is 5.82 Å². The van der Waals surface area contributed by atoms with Crippen molar-refractivity contribution < 1.29 is 4.74 Å². The van der Waals surface area contributed by atoms with Crippen LogP contribution in [0.3, 0.4) is 0 Å². The maximum absolute atomic E-state index is 5.33. The highest BCUT2D eigenvalue weighted by molar-refractivity contribution is 5.85. The predicted octanol–water partition coefficient (Wildman–Crippen LogP) is 4.60. The van der Waals surface area contributed by atoms with E-state index < -0.39 is 0 Å². The second kappa shape index (κ2) is 5.41. The van der Waals surface area contributed by atoms with E-state index in [9.17, 15) is 0 Å². The van der Waals surface area contributed by atoms with E-state index in [1.807, 2.05) is 48.5 Å². The Bertz CT molecular complexity index is 805. The zero-order valence-corrected chi connectivity index (χ0v) is 13.4. The third kappa shape index (κ3) is 2.67. The van der Waals surface area contributed by atoms with Gasteiger partial charge in [-0.25, -0.2) is 9.97 Å². The number of aromatic nitrogens is 2. The first kappa shape index (κ1) is 14.5. The van der Waals surface area contributed by atoms with E-state index in [0.717, 1.165) is 33.7 Å². The molecule has 1 heterocycles. The third-order valence-electron chi connectivity index (χ3n) is 3.65. The highest BCUT2D eigenvalue weighted by Crippen LogP contribution is 2.31. The summed E-state index contributed by atoms with van der Waals surface area (Å²) in [6, 6.07) is 16.1. The lowest BCUT2D eigenvalue weighted by Gasteiger charge is -2.21. The van der Waals surface area contributed by atoms with Gasteiger partial charge in [0.05, 0.1) is 18.3 Å². The quantitative estimate of drug-likeness (QED) is 0.692. The van der Waals surface area contributed by atoms with Crippen LogP contribution in [0.4, 0.5) is 0 Å². The molecule has 0 saturated carbocycles. The first-order valence-electron chi connectivity index (χ1n) is 7.41. The summed E-state index contributed by atoms with van der Waals surface area (Å²) in [6.07, 6.45) is 0. The van der Waals surface area contributed by atoms with Crippen molar-refractivity contribution in [1.82, 2.24) is 9.97 Å². The normalized spacial score (nSPS) is 11.6. The van der Waals surface area contributed by atoms with E-state index in [4.69, 9.17) is 14.7 Å². The highest BCUT2D eigenvalue weighted by Gasteiger charge is 2.21. The third-order valence-corrected chi connectivity index (χ3v) is 3.65. The molecule has 1 aromatic heterocycles. The van der Waals surface area contributed by atoms with E-state index in [1.54, 1.807) is 7.11 Å². The van der Waals surface area contributed by atoms with Crippen LogP contribution in [0.25, 0.3) is 22.3 Å². The van der Waals surface area contributed by atoms with Gasteiger partial charge < -0.3 is 4.74 Å². The molecule has 3 heteroatoms. The minimum Gasteiger partial charge on any atom is -0.497 e. The molecule has 0 aliphatic rings. The van der Waals surface area contributed by atoms with Crippen molar-refractivity contribution in [3.63, 3.8) is 0 Å². The van der Waals surface area contributed by atoms with Crippen LogP contribution in [0.15, 0.2) is 48.5 Å². The van der Waals surface area contributed by atoms with Gasteiger partial charge in [-0.3, -0.25) is 0 Å². The fourth-order valence-corrected chi connectivity index (χ4v) is 2.52. The molecule has 0 spiro atoms. The standard InChI is InChI=1S/C19H20N2O/c1-19(2,3)17-15-11-10-14(22-4)12-16(15)20-18(21-17)13-8-6-5-7-9-13/h5-12H,1-4H3. The maximum Gasteiger partial charge on any atom is 0.160 e. The molecular weight excluding hydrogens is 272 g/mol. The lowest BCUT2D eigenvalue weighted by molar-refractivity contribution is 0.415. The van der Waals surface area contributed by atoms with Crippen molar-refractivity contribution in [2.24, 2.45) is 0 Å². The molecule has 0 atom stereocenters. The second-order valence-electron chi connectivity index (χ2n) is 6.39. The Morgan fingerprint density at radius 2 is 1.64 bits per heavy atom. The molecule has 0 fully saturated rings. The van der Waals surface area contributed by atoms with E-state index in [0.29, 0.717) is 0 Å². The molecule has 0 radical (unpaired) electrons. The number of hydrogen-bond donors (Lipinski definition) is 0. The van der Waals surface area contributed by atoms with Crippen LogP contribution in [0.1, 0.15) is 26.5 Å². The summed E-state index contributed by atoms with van der Waals surface area (Å²) >= 11 is 0. The van der Waals surface area contributed by atoms with Gasteiger partial charge in [-0.2, -0.15) is 0 Å². The van der Waals surface area contributed by atoms with Crippen LogP contribution in [-0.2, 0) is 5.41 Å². The maximum atomic E-state index is 5.33. The summed E-state index contributed by atoms with van der Waals surface area (Å²) < 4.78 is 5.33. The summed E-state index contributed by atoms with van der Waals surface area (Å²) in [4.78, 5) is 9.58. The number of fused-ring (bicyclic) bond motifs is 1. The number of hydrogen-bond acceptors (Lipinski definition) is 3. The van der Waals surface area contributed by atoms with Gasteiger partial charge in [0.1, 0.15) is 5.75 Å². The first-order chi connectivity index (χ1) is 10.5. The lowest BCUT2D eigenvalue weighted by atomic mass is 9.89. The largest absolute Gasteiger partial charge is 0.497 e. The molecule has 3 aromatic rings. The van der Waals surface area contributed by atoms with Gasteiger partial charge in [0.25, 0.3) is 0 Å². The van der Waals surface area contributed by atoms with Gasteiger partial charge in [-0.05, 0) is 12.1 Å². The zero-order valence-electron chi connectivity index (χ0n) is 13.4. The first-order valence-corrected chi connectivity index (χ1v) is 7.41. The number of methoxy groups -OCH3 is 1. The molecule has 0 saturated heterocycles. The Kier molecular flexibility index (Phi) is 3.57. The van der Waals surface area contributed by atoms with Crippen molar-refractivity contribution >= 4 is 10.9 Å². The molecule has 0 N–H and O–H groups in total. The summed E-state index contributed by atoms with van der Waals surface area (Å²) in [5.74, 6) is 1.57. The topological polar surface area (TPSA) is 35.0 Å². The molecule has 112 valence electrons. The second-order valence-corrected chi connectivity index (χ2v) is 6.39. The van der Waals surface area contributed by atoms with Crippen molar-refractivity contribution in [1.29, 1.82) is 0 Å². The molecule has 0 aliphatic carbocycles. The highest BCUT2D eigenvalue weighted by atomic mass is 16.5. The van der Waals surface area contributed by atoms with Gasteiger partial charge in [0, 0.05) is 22.4 Å². The Hall–Kier alpha value is -2.42. The van der Waals surface area contributed by atoms with E-state index >= 15 is 0 Å². The van der Waals surface area contributed by atoms with E-state index in [1.165, 1.54) is 0 Å². The Labute approximate surface area is 131 Å². The van der Waals surface area contributed by atoms with Crippen molar-refractivity contribution in [2.75, 3.05) is 7.11 Å². The Morgan fingerprint density at radius 3 is 2.27 bits per heavy atom. The number of nitrogens with zero attached hydrogens (tertiary/aromatic N) is 2. The SMILES string of the molecule is COc1ccc2c(C(C)(C)C)nc(-c3ccccc3)nc2c1. The van der Waals surface area contributed by atoms with Gasteiger partial charge in [0.2, 0.25) is 0 Å². The monoisotopic (exact) mass is 292 g/mol. The van der Waals surface area contributed by atoms with E-state index in [2.05, 4.69) is 20.8 Å². The predicted molar refractivity (Wildman–Crippen MR) is 90.2 cm³/mol. The molecule has 0 bridgehead atoms. The molecule has 0 unspecified atom stereocenters. The molecule has 22 heavy (non-hydrogen) atoms. The summed E-state index contributed by atoms with van der Waals surface area (Å²) in [6.45, 7) is 6.52. The molecule has 3 nitrogen and oxygen atoms in total. The fourth-order valence-electron chi connectivity index (χ4n) is 2.52. The van der Waals surface area contributed by atoms with Crippen LogP contribution >= 0.6 is 0 Å². The average Bonchev–Trinajstić information content (AvgIpc) is 2.53. The van der Waals surface area contributed by atoms with Crippen LogP contribution in [-0.4, -0.2) is 17.1 Å². The number of benzene rings is 2. The minimum atomic E-state index is -0.0562. The van der Waals surface area contributed by atoms with Crippen molar-refractivity contribution in [2.45, 2.75) is 26.2 Å². The number of ether oxygens (including phenoxy) is 1. The average molecular weight is 292 g/mol. The Balaban J connectivity index is 2.31. The molecule has 2 aromatic carbocycles. The summed E-state index contributed by atoms with van der Waals surface area (Å²) in [5.41, 5.74) is 2.94. The van der Waals surface area contributed by atoms with Crippen LogP contribution in [0, 0.1) is 0 Å². The zero-order chi connectivity index (χ0) is 15.7. The van der Waals surface area contributed by atoms with Crippen LogP contribution in [0.2, 0.25) is 0 Å². The molecular formula is C19H20N2O. The number of rotatable bonds is 2. The van der Waals surface area contributed by atoms with Crippen LogP contribution < -0.4 is 4.74 Å². The van der Waals surface area contributed by atoms with Crippen LogP contribution in [0.5, 0.6) is 5.75 Å². The van der Waals surface area contributed by atoms with Gasteiger partial charge >= 0.3 is 0 Å².